The number of nitrogens with zero attached hydrogens (tertiary/aromatic N) is 1. The topological polar surface area (TPSA) is 95.6 Å². The number of carbonyl (C=O) groups excluding carboxylic acids is 2. The third kappa shape index (κ3) is 4.39. The molecule has 8 heteroatoms. The minimum Gasteiger partial charge on any atom is -0.326 e. The predicted octanol–water partition coefficient (Wildman–Crippen LogP) is 3.00. The SMILES string of the molecule is O=C(CCC1Cc2ccccc2NC1=O)Nc1ccc(S(=O)(=O)N2CCCC2)cc1. The molecule has 0 radical (unpaired) electrons. The summed E-state index contributed by atoms with van der Waals surface area (Å²) in [5.74, 6) is -0.492. The van der Waals surface area contributed by atoms with Gasteiger partial charge in [0.2, 0.25) is 21.8 Å². The fourth-order valence-corrected chi connectivity index (χ4v) is 5.48. The molecular formula is C22H25N3O4S. The monoisotopic (exact) mass is 427 g/mol. The molecule has 0 saturated carbocycles. The molecule has 158 valence electrons. The van der Waals surface area contributed by atoms with Gasteiger partial charge in [0.25, 0.3) is 0 Å². The Bertz CT molecular complexity index is 1040. The summed E-state index contributed by atoms with van der Waals surface area (Å²) in [5.41, 5.74) is 2.46. The molecule has 2 aromatic carbocycles. The third-order valence-electron chi connectivity index (χ3n) is 5.67. The Morgan fingerprint density at radius 2 is 1.77 bits per heavy atom. The Labute approximate surface area is 176 Å². The van der Waals surface area contributed by atoms with Gasteiger partial charge in [-0.2, -0.15) is 4.31 Å². The van der Waals surface area contributed by atoms with Crippen LogP contribution >= 0.6 is 0 Å². The van der Waals surface area contributed by atoms with Gasteiger partial charge in [0.15, 0.2) is 0 Å². The van der Waals surface area contributed by atoms with Crippen LogP contribution in [0.1, 0.15) is 31.2 Å². The molecule has 1 unspecified atom stereocenters. The fourth-order valence-electron chi connectivity index (χ4n) is 3.96. The summed E-state index contributed by atoms with van der Waals surface area (Å²) in [6.45, 7) is 1.11. The summed E-state index contributed by atoms with van der Waals surface area (Å²) in [7, 11) is -3.46. The van der Waals surface area contributed by atoms with E-state index in [1.54, 1.807) is 12.1 Å². The van der Waals surface area contributed by atoms with Crippen molar-refractivity contribution in [2.75, 3.05) is 23.7 Å². The van der Waals surface area contributed by atoms with Gasteiger partial charge in [-0.25, -0.2) is 8.42 Å². The maximum absolute atomic E-state index is 12.6. The number of carbonyl (C=O) groups is 2. The number of fused-ring (bicyclic) bond motifs is 1. The van der Waals surface area contributed by atoms with Crippen molar-refractivity contribution in [2.24, 2.45) is 5.92 Å². The molecular weight excluding hydrogens is 402 g/mol. The van der Waals surface area contributed by atoms with Crippen LogP contribution in [-0.4, -0.2) is 37.6 Å². The number of benzene rings is 2. The molecule has 30 heavy (non-hydrogen) atoms. The maximum Gasteiger partial charge on any atom is 0.243 e. The summed E-state index contributed by atoms with van der Waals surface area (Å²) in [6.07, 6.45) is 3.07. The van der Waals surface area contributed by atoms with Crippen LogP contribution in [0, 0.1) is 5.92 Å². The van der Waals surface area contributed by atoms with Crippen molar-refractivity contribution in [3.05, 3.63) is 54.1 Å². The van der Waals surface area contributed by atoms with E-state index in [9.17, 15) is 18.0 Å². The number of sulfonamides is 1. The highest BCUT2D eigenvalue weighted by atomic mass is 32.2. The van der Waals surface area contributed by atoms with Gasteiger partial charge in [-0.1, -0.05) is 18.2 Å². The normalized spacial score (nSPS) is 19.2. The minimum atomic E-state index is -3.46. The quantitative estimate of drug-likeness (QED) is 0.741. The van der Waals surface area contributed by atoms with Crippen molar-refractivity contribution < 1.29 is 18.0 Å². The zero-order valence-corrected chi connectivity index (χ0v) is 17.5. The molecule has 1 saturated heterocycles. The predicted molar refractivity (Wildman–Crippen MR) is 115 cm³/mol. The number of hydrogen-bond donors (Lipinski definition) is 2. The molecule has 0 spiro atoms. The van der Waals surface area contributed by atoms with Gasteiger partial charge >= 0.3 is 0 Å². The number of hydrogen-bond acceptors (Lipinski definition) is 4. The van der Waals surface area contributed by atoms with Crippen molar-refractivity contribution in [2.45, 2.75) is 37.0 Å². The number of anilines is 2. The number of nitrogens with one attached hydrogen (secondary N) is 2. The fraction of sp³-hybridized carbons (Fsp3) is 0.364. The maximum atomic E-state index is 12.6. The van der Waals surface area contributed by atoms with Crippen molar-refractivity contribution in [3.63, 3.8) is 0 Å². The molecule has 2 N–H and O–H groups in total. The van der Waals surface area contributed by atoms with E-state index >= 15 is 0 Å². The van der Waals surface area contributed by atoms with Gasteiger partial charge in [0.05, 0.1) is 4.90 Å². The van der Waals surface area contributed by atoms with Crippen LogP contribution in [0.5, 0.6) is 0 Å². The summed E-state index contributed by atoms with van der Waals surface area (Å²) in [5, 5.41) is 5.68. The summed E-state index contributed by atoms with van der Waals surface area (Å²) >= 11 is 0. The minimum absolute atomic E-state index is 0.0574. The molecule has 7 nitrogen and oxygen atoms in total. The van der Waals surface area contributed by atoms with Gasteiger partial charge in [0, 0.05) is 36.8 Å². The second-order valence-corrected chi connectivity index (χ2v) is 9.71. The Hall–Kier alpha value is -2.71. The van der Waals surface area contributed by atoms with E-state index in [1.807, 2.05) is 24.3 Å². The molecule has 2 heterocycles. The molecule has 1 atom stereocenters. The van der Waals surface area contributed by atoms with Crippen molar-refractivity contribution in [1.29, 1.82) is 0 Å². The van der Waals surface area contributed by atoms with Crippen molar-refractivity contribution in [1.82, 2.24) is 4.31 Å². The second kappa shape index (κ2) is 8.57. The van der Waals surface area contributed by atoms with Crippen molar-refractivity contribution >= 4 is 33.2 Å². The first-order valence-corrected chi connectivity index (χ1v) is 11.7. The zero-order chi connectivity index (χ0) is 21.1. The molecule has 4 rings (SSSR count). The van der Waals surface area contributed by atoms with Crippen molar-refractivity contribution in [3.8, 4) is 0 Å². The molecule has 0 aromatic heterocycles. The lowest BCUT2D eigenvalue weighted by molar-refractivity contribution is -0.121. The van der Waals surface area contributed by atoms with Gasteiger partial charge in [0.1, 0.15) is 0 Å². The van der Waals surface area contributed by atoms with Crippen LogP contribution in [0.3, 0.4) is 0 Å². The van der Waals surface area contributed by atoms with E-state index in [2.05, 4.69) is 10.6 Å². The van der Waals surface area contributed by atoms with Crippen LogP contribution in [0.4, 0.5) is 11.4 Å². The summed E-state index contributed by atoms with van der Waals surface area (Å²) < 4.78 is 26.6. The van der Waals surface area contributed by atoms with E-state index in [0.717, 1.165) is 24.1 Å². The highest BCUT2D eigenvalue weighted by molar-refractivity contribution is 7.89. The van der Waals surface area contributed by atoms with Gasteiger partial charge in [-0.15, -0.1) is 0 Å². The Kier molecular flexibility index (Phi) is 5.87. The zero-order valence-electron chi connectivity index (χ0n) is 16.6. The Morgan fingerprint density at radius 1 is 1.07 bits per heavy atom. The standard InChI is InChI=1S/C22H25N3O4S/c26-21(12-7-17-15-16-5-1-2-6-20(16)24-22(17)27)23-18-8-10-19(11-9-18)30(28,29)25-13-3-4-14-25/h1-2,5-6,8-11,17H,3-4,7,12-15H2,(H,23,26)(H,24,27). The summed E-state index contributed by atoms with van der Waals surface area (Å²) in [4.78, 5) is 24.8. The summed E-state index contributed by atoms with van der Waals surface area (Å²) in [6, 6.07) is 13.9. The van der Waals surface area contributed by atoms with Crippen LogP contribution in [-0.2, 0) is 26.0 Å². The molecule has 2 aliphatic heterocycles. The van der Waals surface area contributed by atoms with E-state index in [-0.39, 0.29) is 29.0 Å². The van der Waals surface area contributed by atoms with Gasteiger partial charge in [-0.3, -0.25) is 9.59 Å². The van der Waals surface area contributed by atoms with E-state index in [1.165, 1.54) is 16.4 Å². The lowest BCUT2D eigenvalue weighted by Gasteiger charge is -2.24. The first kappa shape index (κ1) is 20.6. The lowest BCUT2D eigenvalue weighted by atomic mass is 9.89. The van der Waals surface area contributed by atoms with Crippen LogP contribution < -0.4 is 10.6 Å². The Morgan fingerprint density at radius 3 is 2.50 bits per heavy atom. The Balaban J connectivity index is 1.32. The van der Waals surface area contributed by atoms with Crippen LogP contribution in [0.25, 0.3) is 0 Å². The first-order chi connectivity index (χ1) is 14.4. The molecule has 2 amide bonds. The smallest absolute Gasteiger partial charge is 0.243 e. The van der Waals surface area contributed by atoms with Crippen LogP contribution in [0.15, 0.2) is 53.4 Å². The third-order valence-corrected chi connectivity index (χ3v) is 7.59. The average Bonchev–Trinajstić information content (AvgIpc) is 3.28. The highest BCUT2D eigenvalue weighted by Crippen LogP contribution is 2.28. The lowest BCUT2D eigenvalue weighted by Crippen LogP contribution is -2.30. The first-order valence-electron chi connectivity index (χ1n) is 10.2. The molecule has 0 aliphatic carbocycles. The second-order valence-electron chi connectivity index (χ2n) is 7.77. The number of amides is 2. The highest BCUT2D eigenvalue weighted by Gasteiger charge is 2.28. The molecule has 0 bridgehead atoms. The van der Waals surface area contributed by atoms with Crippen LogP contribution in [0.2, 0.25) is 0 Å². The largest absolute Gasteiger partial charge is 0.326 e. The molecule has 1 fully saturated rings. The van der Waals surface area contributed by atoms with Gasteiger partial charge in [-0.05, 0) is 61.6 Å². The van der Waals surface area contributed by atoms with E-state index in [4.69, 9.17) is 0 Å². The van der Waals surface area contributed by atoms with E-state index in [0.29, 0.717) is 31.6 Å². The number of para-hydroxylation sites is 1. The van der Waals surface area contributed by atoms with Gasteiger partial charge < -0.3 is 10.6 Å². The molecule has 2 aromatic rings. The average molecular weight is 428 g/mol. The van der Waals surface area contributed by atoms with E-state index < -0.39 is 10.0 Å². The number of rotatable bonds is 6. The molecule has 2 aliphatic rings.